The van der Waals surface area contributed by atoms with E-state index in [2.05, 4.69) is 8.97 Å². The van der Waals surface area contributed by atoms with Crippen molar-refractivity contribution in [3.05, 3.63) is 0 Å². The maximum absolute atomic E-state index is 2.32. The van der Waals surface area contributed by atoms with E-state index in [-0.39, 0.29) is 35.2 Å². The van der Waals surface area contributed by atoms with E-state index < -0.39 is 0 Å². The molecule has 0 bridgehead atoms. The summed E-state index contributed by atoms with van der Waals surface area (Å²) >= 11 is 0.0833. The summed E-state index contributed by atoms with van der Waals surface area (Å²) in [5, 5.41) is 0. The minimum atomic E-state index is 0. The molecule has 5 heavy (non-hydrogen) atoms. The molecule has 0 atom stereocenters. The van der Waals surface area contributed by atoms with Crippen LogP contribution in [-0.4, -0.2) is 35.2 Å². The van der Waals surface area contributed by atoms with Crippen LogP contribution in [0, 0.1) is 0 Å². The normalized spacial score (nSPS) is 3.60. The fraction of sp³-hybridized carbons (Fsp3) is 1.00. The second-order valence-corrected chi connectivity index (χ2v) is 4.39. The average Bonchev–Trinajstić information content (AvgIpc) is 0.918. The molecule has 2 nitrogen and oxygen atoms in total. The monoisotopic (exact) mass is 274 g/mol. The van der Waals surface area contributed by atoms with Gasteiger partial charge in [0.2, 0.25) is 0 Å². The van der Waals surface area contributed by atoms with Gasteiger partial charge in [0.1, 0.15) is 0 Å². The van der Waals surface area contributed by atoms with E-state index >= 15 is 0 Å². The van der Waals surface area contributed by atoms with Crippen molar-refractivity contribution in [1.82, 2.24) is 0 Å². The Morgan fingerprint density at radius 2 is 1.00 bits per heavy atom. The van der Waals surface area contributed by atoms with Crippen LogP contribution in [0.2, 0.25) is 8.97 Å². The van der Waals surface area contributed by atoms with Gasteiger partial charge in [0.05, 0.1) is 0 Å². The van der Waals surface area contributed by atoms with Crippen LogP contribution in [-0.2, 0) is 0 Å². The third-order valence-electron chi connectivity index (χ3n) is 0. The maximum atomic E-state index is 2.32. The summed E-state index contributed by atoms with van der Waals surface area (Å²) in [7, 11) is 0. The van der Waals surface area contributed by atoms with Crippen molar-refractivity contribution in [2.24, 2.45) is 0 Å². The fourth-order valence-corrected chi connectivity index (χ4v) is 0. The first-order valence-electron chi connectivity index (χ1n) is 1.00. The first-order chi connectivity index (χ1) is 1.41. The summed E-state index contributed by atoms with van der Waals surface area (Å²) < 4.78 is 4.64. The molecule has 0 unspecified atom stereocenters. The Morgan fingerprint density at radius 1 is 1.00 bits per heavy atom. The van der Waals surface area contributed by atoms with Crippen LogP contribution in [0.1, 0.15) is 0 Å². The van der Waals surface area contributed by atoms with Gasteiger partial charge in [0.25, 0.3) is 0 Å². The van der Waals surface area contributed by atoms with Gasteiger partial charge in [-0.15, -0.1) is 0 Å². The van der Waals surface area contributed by atoms with Gasteiger partial charge >= 0.3 is 33.2 Å². The summed E-state index contributed by atoms with van der Waals surface area (Å²) in [6, 6.07) is 0. The second-order valence-electron chi connectivity index (χ2n) is 0.500. The number of rotatable bonds is 0. The van der Waals surface area contributed by atoms with Crippen LogP contribution >= 0.6 is 0 Å². The van der Waals surface area contributed by atoms with Crippen molar-refractivity contribution < 1.29 is 11.0 Å². The van der Waals surface area contributed by atoms with E-state index in [1.165, 1.54) is 0 Å². The average molecular weight is 273 g/mol. The van der Waals surface area contributed by atoms with Gasteiger partial charge in [-0.1, -0.05) is 0 Å². The fourth-order valence-electron chi connectivity index (χ4n) is 0. The van der Waals surface area contributed by atoms with Gasteiger partial charge in [0.15, 0.2) is 0 Å². The van der Waals surface area contributed by atoms with Crippen LogP contribution in [0.3, 0.4) is 0 Å². The van der Waals surface area contributed by atoms with E-state index in [0.717, 1.165) is 0 Å². The zero-order valence-corrected chi connectivity index (χ0v) is 7.39. The van der Waals surface area contributed by atoms with Crippen LogP contribution in [0.15, 0.2) is 0 Å². The van der Waals surface area contributed by atoms with Gasteiger partial charge in [-0.05, 0) is 0 Å². The van der Waals surface area contributed by atoms with Crippen LogP contribution in [0.4, 0.5) is 0 Å². The van der Waals surface area contributed by atoms with E-state index in [1.807, 2.05) is 0 Å². The Bertz CT molecular complexity index is 7.61. The quantitative estimate of drug-likeness (QED) is 0.516. The standard InChI is InChI=1S/2CH3.2H2O.Pb/h2*1H3;2*1H2;. The first kappa shape index (κ1) is 17.0. The number of hydrogen-bond donors (Lipinski definition) is 0. The Hall–Kier alpha value is 0.842. The molecule has 0 saturated heterocycles. The van der Waals surface area contributed by atoms with E-state index in [9.17, 15) is 0 Å². The predicted octanol–water partition coefficient (Wildman–Crippen LogP) is -0.863. The van der Waals surface area contributed by atoms with Gasteiger partial charge in [-0.25, -0.2) is 0 Å². The third-order valence-corrected chi connectivity index (χ3v) is 0. The Morgan fingerprint density at radius 3 is 1.00 bits per heavy atom. The molecule has 34 valence electrons. The summed E-state index contributed by atoms with van der Waals surface area (Å²) in [6.45, 7) is 0. The SMILES string of the molecule is O.O.[CH3][Pb][CH3]. The molecule has 0 spiro atoms. The zero-order valence-electron chi connectivity index (χ0n) is 3.50. The molecule has 0 aliphatic rings. The van der Waals surface area contributed by atoms with Crippen molar-refractivity contribution in [2.75, 3.05) is 0 Å². The Labute approximate surface area is 44.4 Å². The molecule has 0 fully saturated rings. The third kappa shape index (κ3) is 55.2. The Kier molecular flexibility index (Phi) is 71.4. The van der Waals surface area contributed by atoms with Crippen LogP contribution in [0.5, 0.6) is 0 Å². The molecular formula is C2H10O2Pb. The molecular weight excluding hydrogens is 263 g/mol. The molecule has 0 amide bonds. The molecule has 0 rings (SSSR count). The summed E-state index contributed by atoms with van der Waals surface area (Å²) in [4.78, 5) is 0. The van der Waals surface area contributed by atoms with Crippen molar-refractivity contribution >= 4 is 24.2 Å². The molecule has 0 aromatic heterocycles. The molecule has 0 aliphatic heterocycles. The zero-order chi connectivity index (χ0) is 2.71. The first-order valence-corrected chi connectivity index (χ1v) is 8.77. The molecule has 3 heteroatoms. The Balaban J connectivity index is -0.0000000200. The van der Waals surface area contributed by atoms with Crippen LogP contribution in [0.25, 0.3) is 0 Å². The van der Waals surface area contributed by atoms with E-state index in [4.69, 9.17) is 0 Å². The van der Waals surface area contributed by atoms with Crippen molar-refractivity contribution in [3.8, 4) is 0 Å². The predicted molar refractivity (Wildman–Crippen MR) is 24.7 cm³/mol. The van der Waals surface area contributed by atoms with E-state index in [0.29, 0.717) is 0 Å². The van der Waals surface area contributed by atoms with Gasteiger partial charge in [-0.2, -0.15) is 0 Å². The summed E-state index contributed by atoms with van der Waals surface area (Å²) in [5.41, 5.74) is 0. The molecule has 0 heterocycles. The molecule has 4 N–H and O–H groups in total. The van der Waals surface area contributed by atoms with Crippen molar-refractivity contribution in [3.63, 3.8) is 0 Å². The van der Waals surface area contributed by atoms with Gasteiger partial charge in [-0.3, -0.25) is 0 Å². The molecule has 0 aliphatic carbocycles. The topological polar surface area (TPSA) is 63.0 Å². The molecule has 0 saturated carbocycles. The summed E-state index contributed by atoms with van der Waals surface area (Å²) in [6.07, 6.45) is 0. The molecule has 2 radical (unpaired) electrons. The molecule has 0 aromatic carbocycles. The van der Waals surface area contributed by atoms with Crippen molar-refractivity contribution in [2.45, 2.75) is 8.97 Å². The van der Waals surface area contributed by atoms with E-state index in [1.54, 1.807) is 0 Å². The van der Waals surface area contributed by atoms with Crippen molar-refractivity contribution in [1.29, 1.82) is 0 Å². The second kappa shape index (κ2) is 21.1. The van der Waals surface area contributed by atoms with Crippen LogP contribution < -0.4 is 0 Å². The molecule has 0 aromatic rings. The van der Waals surface area contributed by atoms with Gasteiger partial charge in [0, 0.05) is 0 Å². The summed E-state index contributed by atoms with van der Waals surface area (Å²) in [5.74, 6) is 0. The number of hydrogen-bond acceptors (Lipinski definition) is 0. The van der Waals surface area contributed by atoms with Gasteiger partial charge < -0.3 is 11.0 Å². The minimum absolute atomic E-state index is 0.